The van der Waals surface area contributed by atoms with Crippen molar-refractivity contribution in [2.24, 2.45) is 10.9 Å². The van der Waals surface area contributed by atoms with Crippen molar-refractivity contribution in [3.05, 3.63) is 83.9 Å². The zero-order valence-electron chi connectivity index (χ0n) is 22.5. The molecule has 0 aliphatic carbocycles. The molecule has 0 bridgehead atoms. The van der Waals surface area contributed by atoms with Gasteiger partial charge in [-0.05, 0) is 36.3 Å². The fraction of sp³-hybridized carbons (Fsp3) is 0.452. The van der Waals surface area contributed by atoms with E-state index in [9.17, 15) is 9.59 Å². The lowest BCUT2D eigenvalue weighted by molar-refractivity contribution is -0.134. The van der Waals surface area contributed by atoms with Gasteiger partial charge in [-0.2, -0.15) is 0 Å². The predicted octanol–water partition coefficient (Wildman–Crippen LogP) is 5.81. The molecule has 0 amide bonds. The Morgan fingerprint density at radius 3 is 1.79 bits per heavy atom. The van der Waals surface area contributed by atoms with Gasteiger partial charge in [-0.1, -0.05) is 99.7 Å². The van der Waals surface area contributed by atoms with Gasteiger partial charge >= 0.3 is 11.9 Å². The van der Waals surface area contributed by atoms with Crippen LogP contribution in [0.25, 0.3) is 0 Å². The van der Waals surface area contributed by atoms with E-state index in [1.807, 2.05) is 0 Å². The van der Waals surface area contributed by atoms with Crippen LogP contribution in [-0.4, -0.2) is 58.5 Å². The van der Waals surface area contributed by atoms with E-state index >= 15 is 0 Å². The molecular formula is C31H44N2O5. The number of hydrogen-bond acceptors (Lipinski definition) is 3. The third-order valence-electron chi connectivity index (χ3n) is 6.62. The molecule has 0 atom stereocenters. The van der Waals surface area contributed by atoms with E-state index in [4.69, 9.17) is 15.2 Å². The summed E-state index contributed by atoms with van der Waals surface area (Å²) in [5.41, 5.74) is 2.91. The molecule has 0 radical (unpaired) electrons. The second-order valence-corrected chi connectivity index (χ2v) is 9.47. The summed E-state index contributed by atoms with van der Waals surface area (Å²) >= 11 is 0. The van der Waals surface area contributed by atoms with E-state index in [1.165, 1.54) is 62.5 Å². The molecule has 1 aliphatic heterocycles. The number of carboxylic acids is 2. The Bertz CT molecular complexity index is 899. The molecule has 1 saturated heterocycles. The first kappa shape index (κ1) is 32.6. The largest absolute Gasteiger partial charge is 0.478 e. The highest BCUT2D eigenvalue weighted by Crippen LogP contribution is 2.37. The normalized spacial score (nSPS) is 13.8. The van der Waals surface area contributed by atoms with Crippen LogP contribution in [-0.2, 0) is 9.59 Å². The summed E-state index contributed by atoms with van der Waals surface area (Å²) in [6.07, 6.45) is 13.7. The van der Waals surface area contributed by atoms with Crippen molar-refractivity contribution in [2.45, 2.75) is 64.2 Å². The van der Waals surface area contributed by atoms with Crippen molar-refractivity contribution in [1.82, 2.24) is 4.90 Å². The molecule has 2 aromatic rings. The fourth-order valence-corrected chi connectivity index (χ4v) is 4.72. The Hall–Kier alpha value is -3.45. The lowest BCUT2D eigenvalue weighted by Gasteiger charge is -2.36. The monoisotopic (exact) mass is 524 g/mol. The van der Waals surface area contributed by atoms with E-state index in [0.717, 1.165) is 19.6 Å². The van der Waals surface area contributed by atoms with Gasteiger partial charge in [0.25, 0.3) is 0 Å². The summed E-state index contributed by atoms with van der Waals surface area (Å²) in [6, 6.07) is 22.1. The van der Waals surface area contributed by atoms with Crippen molar-refractivity contribution in [1.29, 1.82) is 0 Å². The summed E-state index contributed by atoms with van der Waals surface area (Å²) < 4.78 is 0. The molecule has 1 aliphatic rings. The van der Waals surface area contributed by atoms with E-state index in [2.05, 4.69) is 78.8 Å². The van der Waals surface area contributed by atoms with Crippen LogP contribution in [0.4, 0.5) is 0 Å². The molecule has 0 saturated carbocycles. The molecule has 2 aromatic carbocycles. The van der Waals surface area contributed by atoms with E-state index in [1.54, 1.807) is 0 Å². The highest BCUT2D eigenvalue weighted by atomic mass is 16.4. The van der Waals surface area contributed by atoms with Crippen molar-refractivity contribution in [3.8, 4) is 0 Å². The zero-order valence-corrected chi connectivity index (χ0v) is 22.5. The number of aliphatic carboxylic acids is 2. The van der Waals surface area contributed by atoms with E-state index < -0.39 is 11.9 Å². The Labute approximate surface area is 227 Å². The number of unbranched alkanes of at least 4 members (excludes halogenated alkanes) is 5. The minimum atomic E-state index is -1.26. The minimum absolute atomic E-state index is 0. The molecular weight excluding hydrogens is 480 g/mol. The van der Waals surface area contributed by atoms with Gasteiger partial charge in [-0.15, -0.1) is 0 Å². The second kappa shape index (κ2) is 19.6. The summed E-state index contributed by atoms with van der Waals surface area (Å²) in [5, 5.41) is 15.6. The van der Waals surface area contributed by atoms with Crippen molar-refractivity contribution in [3.63, 3.8) is 0 Å². The molecule has 4 N–H and O–H groups in total. The molecule has 1 heterocycles. The topological polar surface area (TPSA) is 122 Å². The van der Waals surface area contributed by atoms with Crippen LogP contribution in [0.15, 0.2) is 77.8 Å². The SMILES string of the molecule is CCCCCCCCN=CN1CCC(C(c2ccccc2)c2ccccc2)CC1.O.O=C(O)/C=C/C(=O)O. The number of nitrogens with zero attached hydrogens (tertiary/aromatic N) is 2. The van der Waals surface area contributed by atoms with Gasteiger partial charge in [0, 0.05) is 37.7 Å². The fourth-order valence-electron chi connectivity index (χ4n) is 4.72. The average Bonchev–Trinajstić information content (AvgIpc) is 2.92. The van der Waals surface area contributed by atoms with E-state index in [0.29, 0.717) is 24.0 Å². The third-order valence-corrected chi connectivity index (χ3v) is 6.62. The van der Waals surface area contributed by atoms with Crippen LogP contribution < -0.4 is 0 Å². The molecule has 208 valence electrons. The number of piperidine rings is 1. The Balaban J connectivity index is 0.000000699. The first-order valence-electron chi connectivity index (χ1n) is 13.5. The van der Waals surface area contributed by atoms with Crippen LogP contribution >= 0.6 is 0 Å². The molecule has 7 heteroatoms. The molecule has 0 aromatic heterocycles. The highest BCUT2D eigenvalue weighted by molar-refractivity contribution is 5.89. The van der Waals surface area contributed by atoms with Gasteiger partial charge in [-0.3, -0.25) is 4.99 Å². The lowest BCUT2D eigenvalue weighted by atomic mass is 9.76. The quantitative estimate of drug-likeness (QED) is 0.148. The van der Waals surface area contributed by atoms with Gasteiger partial charge in [-0.25, -0.2) is 9.59 Å². The smallest absolute Gasteiger partial charge is 0.328 e. The molecule has 0 spiro atoms. The maximum Gasteiger partial charge on any atom is 0.328 e. The van der Waals surface area contributed by atoms with Crippen molar-refractivity contribution < 1.29 is 25.3 Å². The predicted molar refractivity (Wildman–Crippen MR) is 154 cm³/mol. The van der Waals surface area contributed by atoms with Gasteiger partial charge in [0.1, 0.15) is 0 Å². The van der Waals surface area contributed by atoms with Crippen LogP contribution in [0.1, 0.15) is 75.3 Å². The van der Waals surface area contributed by atoms with E-state index in [-0.39, 0.29) is 5.48 Å². The average molecular weight is 525 g/mol. The second-order valence-electron chi connectivity index (χ2n) is 9.47. The molecule has 7 nitrogen and oxygen atoms in total. The highest BCUT2D eigenvalue weighted by Gasteiger charge is 2.28. The number of carbonyl (C=O) groups is 2. The number of carboxylic acid groups (broad SMARTS) is 2. The molecule has 3 rings (SSSR count). The van der Waals surface area contributed by atoms with Gasteiger partial charge in [0.2, 0.25) is 0 Å². The minimum Gasteiger partial charge on any atom is -0.478 e. The summed E-state index contributed by atoms with van der Waals surface area (Å²) in [7, 11) is 0. The maximum absolute atomic E-state index is 9.55. The molecule has 38 heavy (non-hydrogen) atoms. The third kappa shape index (κ3) is 13.2. The molecule has 1 fully saturated rings. The zero-order chi connectivity index (χ0) is 26.7. The standard InChI is InChI=1S/C27H38N2.C4H4O4.H2O/c1-2-3-4-5-6-13-20-28-23-29-21-18-26(19-22-29)27(24-14-9-7-10-15-24)25-16-11-8-12-17-25;5-3(6)1-2-4(7)8;/h7-12,14-17,23,26-27H,2-6,13,18-22H2,1H3;1-2H,(H,5,6)(H,7,8);1H2/b;2-1+;. The first-order chi connectivity index (χ1) is 18.0. The number of likely N-dealkylation sites (tertiary alicyclic amines) is 1. The van der Waals surface area contributed by atoms with Crippen molar-refractivity contribution in [2.75, 3.05) is 19.6 Å². The molecule has 0 unspecified atom stereocenters. The number of aliphatic imine (C=N–C) groups is 1. The van der Waals surface area contributed by atoms with Crippen molar-refractivity contribution >= 4 is 18.3 Å². The van der Waals surface area contributed by atoms with Crippen LogP contribution in [0.3, 0.4) is 0 Å². The lowest BCUT2D eigenvalue weighted by Crippen LogP contribution is -2.35. The Morgan fingerprint density at radius 1 is 0.842 bits per heavy atom. The maximum atomic E-state index is 9.55. The summed E-state index contributed by atoms with van der Waals surface area (Å²) in [5.74, 6) is -1.32. The van der Waals surface area contributed by atoms with Gasteiger partial charge in [0.15, 0.2) is 0 Å². The summed E-state index contributed by atoms with van der Waals surface area (Å²) in [4.78, 5) is 26.2. The van der Waals surface area contributed by atoms with Gasteiger partial charge in [0.05, 0.1) is 6.34 Å². The van der Waals surface area contributed by atoms with Crippen LogP contribution in [0, 0.1) is 5.92 Å². The Morgan fingerprint density at radius 2 is 1.32 bits per heavy atom. The first-order valence-corrected chi connectivity index (χ1v) is 13.5. The van der Waals surface area contributed by atoms with Crippen LogP contribution in [0.5, 0.6) is 0 Å². The number of benzene rings is 2. The van der Waals surface area contributed by atoms with Crippen LogP contribution in [0.2, 0.25) is 0 Å². The Kier molecular flexibility index (Phi) is 16.8. The summed E-state index contributed by atoms with van der Waals surface area (Å²) in [6.45, 7) is 5.51. The van der Waals surface area contributed by atoms with Gasteiger partial charge < -0.3 is 20.6 Å². The number of rotatable bonds is 13. The number of hydrogen-bond donors (Lipinski definition) is 2.